The van der Waals surface area contributed by atoms with Crippen LogP contribution in [-0.4, -0.2) is 5.11 Å². The Labute approximate surface area is 109 Å². The highest BCUT2D eigenvalue weighted by Gasteiger charge is 2.33. The molecule has 1 N–H and O–H groups in total. The summed E-state index contributed by atoms with van der Waals surface area (Å²) in [4.78, 5) is 3.26. The van der Waals surface area contributed by atoms with Crippen LogP contribution in [0.15, 0.2) is 58.2 Å². The monoisotopic (exact) mass is 260 g/mol. The summed E-state index contributed by atoms with van der Waals surface area (Å²) in [5.41, 5.74) is 1.20. The van der Waals surface area contributed by atoms with E-state index in [1.165, 1.54) is 10.5 Å². The fourth-order valence-corrected chi connectivity index (χ4v) is 4.05. The molecule has 0 radical (unpaired) electrons. The molecule has 0 amide bonds. The maximum absolute atomic E-state index is 10.5. The van der Waals surface area contributed by atoms with Crippen molar-refractivity contribution in [3.63, 3.8) is 0 Å². The van der Waals surface area contributed by atoms with Gasteiger partial charge in [0.15, 0.2) is 0 Å². The number of rotatable bonds is 2. The molecule has 0 saturated carbocycles. The first-order valence-electron chi connectivity index (χ1n) is 5.44. The van der Waals surface area contributed by atoms with Crippen LogP contribution in [0.3, 0.4) is 0 Å². The van der Waals surface area contributed by atoms with Gasteiger partial charge in [0.25, 0.3) is 0 Å². The lowest BCUT2D eigenvalue weighted by Gasteiger charge is -2.18. The third-order valence-corrected chi connectivity index (χ3v) is 5.04. The third kappa shape index (κ3) is 1.84. The molecule has 3 heteroatoms. The van der Waals surface area contributed by atoms with E-state index >= 15 is 0 Å². The summed E-state index contributed by atoms with van der Waals surface area (Å²) < 4.78 is 0. The van der Waals surface area contributed by atoms with Crippen molar-refractivity contribution in [2.75, 3.05) is 0 Å². The first-order chi connectivity index (χ1) is 8.27. The Morgan fingerprint density at radius 2 is 2.00 bits per heavy atom. The zero-order valence-corrected chi connectivity index (χ0v) is 10.8. The maximum Gasteiger partial charge on any atom is 0.0996 e. The van der Waals surface area contributed by atoms with Gasteiger partial charge in [-0.2, -0.15) is 0 Å². The Morgan fingerprint density at radius 1 is 1.18 bits per heavy atom. The number of fused-ring (bicyclic) bond motifs is 1. The van der Waals surface area contributed by atoms with E-state index in [1.807, 2.05) is 29.6 Å². The molecule has 3 rings (SSSR count). The summed E-state index contributed by atoms with van der Waals surface area (Å²) in [7, 11) is 0. The number of thioether (sulfide) groups is 1. The minimum absolute atomic E-state index is 0.0230. The molecule has 1 aliphatic heterocycles. The zero-order chi connectivity index (χ0) is 11.8. The second kappa shape index (κ2) is 4.33. The van der Waals surface area contributed by atoms with Gasteiger partial charge >= 0.3 is 0 Å². The fraction of sp³-hybridized carbons (Fsp3) is 0.143. The Hall–Kier alpha value is -1.03. The van der Waals surface area contributed by atoms with Crippen LogP contribution in [0.5, 0.6) is 0 Å². The lowest BCUT2D eigenvalue weighted by Crippen LogP contribution is -2.07. The smallest absolute Gasteiger partial charge is 0.0996 e. The van der Waals surface area contributed by atoms with E-state index in [0.29, 0.717) is 0 Å². The van der Waals surface area contributed by atoms with Gasteiger partial charge in [0, 0.05) is 15.7 Å². The average Bonchev–Trinajstić information content (AvgIpc) is 2.94. The molecule has 1 nitrogen and oxygen atoms in total. The number of thiophene rings is 1. The molecule has 17 heavy (non-hydrogen) atoms. The van der Waals surface area contributed by atoms with Crippen molar-refractivity contribution in [1.82, 2.24) is 0 Å². The summed E-state index contributed by atoms with van der Waals surface area (Å²) >= 11 is 3.27. The average molecular weight is 260 g/mol. The van der Waals surface area contributed by atoms with E-state index in [2.05, 4.69) is 18.7 Å². The SMILES string of the molecule is C=C1Sc2ccccc2[C@H]1[C@H](O)c1cccs1. The van der Waals surface area contributed by atoms with E-state index in [-0.39, 0.29) is 5.92 Å². The number of hydrogen-bond acceptors (Lipinski definition) is 3. The van der Waals surface area contributed by atoms with Gasteiger partial charge in [-0.1, -0.05) is 42.6 Å². The Balaban J connectivity index is 2.01. The molecule has 2 heterocycles. The molecular formula is C14H12OS2. The van der Waals surface area contributed by atoms with Crippen molar-refractivity contribution in [3.8, 4) is 0 Å². The van der Waals surface area contributed by atoms with Crippen LogP contribution in [0, 0.1) is 0 Å². The van der Waals surface area contributed by atoms with Crippen molar-refractivity contribution in [3.05, 3.63) is 63.7 Å². The summed E-state index contributed by atoms with van der Waals surface area (Å²) in [6.45, 7) is 4.09. The normalized spacial score (nSPS) is 20.3. The largest absolute Gasteiger partial charge is 0.387 e. The number of hydrogen-bond donors (Lipinski definition) is 1. The Bertz CT molecular complexity index is 545. The van der Waals surface area contributed by atoms with Gasteiger partial charge < -0.3 is 5.11 Å². The highest BCUT2D eigenvalue weighted by molar-refractivity contribution is 8.03. The molecule has 0 spiro atoms. The molecule has 0 fully saturated rings. The van der Waals surface area contributed by atoms with Gasteiger partial charge in [-0.3, -0.25) is 0 Å². The van der Waals surface area contributed by atoms with Gasteiger partial charge in [-0.05, 0) is 28.0 Å². The molecule has 0 bridgehead atoms. The van der Waals surface area contributed by atoms with Crippen LogP contribution in [-0.2, 0) is 0 Å². The molecular weight excluding hydrogens is 248 g/mol. The summed E-state index contributed by atoms with van der Waals surface area (Å²) in [5.74, 6) is 0.0230. The minimum atomic E-state index is -0.473. The van der Waals surface area contributed by atoms with E-state index < -0.39 is 6.10 Å². The van der Waals surface area contributed by atoms with E-state index in [9.17, 15) is 5.11 Å². The lowest BCUT2D eigenvalue weighted by atomic mass is 9.93. The van der Waals surface area contributed by atoms with Crippen molar-refractivity contribution < 1.29 is 5.11 Å². The molecule has 2 aromatic rings. The maximum atomic E-state index is 10.5. The van der Waals surface area contributed by atoms with E-state index in [4.69, 9.17) is 0 Å². The van der Waals surface area contributed by atoms with Crippen LogP contribution in [0.4, 0.5) is 0 Å². The van der Waals surface area contributed by atoms with Crippen LogP contribution in [0.25, 0.3) is 0 Å². The third-order valence-electron chi connectivity index (χ3n) is 2.99. The standard InChI is InChI=1S/C14H12OS2/c1-9-13(14(15)12-7-4-8-16-12)10-5-2-3-6-11(10)17-9/h2-8,13-15H,1H2/t13-,14+/m0/s1. The number of aliphatic hydroxyl groups excluding tert-OH is 1. The van der Waals surface area contributed by atoms with Crippen LogP contribution < -0.4 is 0 Å². The minimum Gasteiger partial charge on any atom is -0.387 e. The van der Waals surface area contributed by atoms with E-state index in [0.717, 1.165) is 9.78 Å². The molecule has 1 aliphatic rings. The number of benzene rings is 1. The van der Waals surface area contributed by atoms with Crippen molar-refractivity contribution in [2.45, 2.75) is 16.9 Å². The Morgan fingerprint density at radius 3 is 2.76 bits per heavy atom. The molecule has 2 atom stereocenters. The summed E-state index contributed by atoms with van der Waals surface area (Å²) in [5, 5.41) is 12.5. The van der Waals surface area contributed by atoms with Gasteiger partial charge in [-0.25, -0.2) is 0 Å². The number of aliphatic hydroxyl groups is 1. The Kier molecular flexibility index (Phi) is 2.82. The topological polar surface area (TPSA) is 20.2 Å². The molecule has 86 valence electrons. The highest BCUT2D eigenvalue weighted by Crippen LogP contribution is 2.52. The van der Waals surface area contributed by atoms with Crippen LogP contribution in [0.2, 0.25) is 0 Å². The van der Waals surface area contributed by atoms with Gasteiger partial charge in [-0.15, -0.1) is 11.3 Å². The fourth-order valence-electron chi connectivity index (χ4n) is 2.18. The van der Waals surface area contributed by atoms with Gasteiger partial charge in [0.2, 0.25) is 0 Å². The van der Waals surface area contributed by atoms with Crippen molar-refractivity contribution in [2.24, 2.45) is 0 Å². The van der Waals surface area contributed by atoms with Crippen molar-refractivity contribution in [1.29, 1.82) is 0 Å². The van der Waals surface area contributed by atoms with E-state index in [1.54, 1.807) is 23.1 Å². The summed E-state index contributed by atoms with van der Waals surface area (Å²) in [6.07, 6.45) is -0.473. The first kappa shape index (κ1) is 11.1. The van der Waals surface area contributed by atoms with Crippen LogP contribution in [0.1, 0.15) is 22.5 Å². The van der Waals surface area contributed by atoms with Crippen molar-refractivity contribution >= 4 is 23.1 Å². The molecule has 0 saturated heterocycles. The molecule has 1 aromatic heterocycles. The molecule has 0 unspecified atom stereocenters. The van der Waals surface area contributed by atoms with Gasteiger partial charge in [0.05, 0.1) is 6.10 Å². The second-order valence-electron chi connectivity index (χ2n) is 4.04. The zero-order valence-electron chi connectivity index (χ0n) is 9.17. The molecule has 1 aromatic carbocycles. The second-order valence-corrected chi connectivity index (χ2v) is 6.19. The van der Waals surface area contributed by atoms with Gasteiger partial charge in [0.1, 0.15) is 0 Å². The lowest BCUT2D eigenvalue weighted by molar-refractivity contribution is 0.164. The first-order valence-corrected chi connectivity index (χ1v) is 7.14. The highest BCUT2D eigenvalue weighted by atomic mass is 32.2. The van der Waals surface area contributed by atoms with Crippen LogP contribution >= 0.6 is 23.1 Å². The molecule has 0 aliphatic carbocycles. The predicted octanol–water partition coefficient (Wildman–Crippen LogP) is 4.18. The quantitative estimate of drug-likeness (QED) is 0.874. The summed E-state index contributed by atoms with van der Waals surface area (Å²) in [6, 6.07) is 12.2. The predicted molar refractivity (Wildman–Crippen MR) is 73.5 cm³/mol.